The number of nitrogens with one attached hydrogen (secondary N) is 1. The van der Waals surface area contributed by atoms with Crippen molar-refractivity contribution in [3.63, 3.8) is 0 Å². The molecular formula is C15H26N2O3. The number of amides is 2. The van der Waals surface area contributed by atoms with Gasteiger partial charge in [0.25, 0.3) is 0 Å². The van der Waals surface area contributed by atoms with Gasteiger partial charge in [-0.1, -0.05) is 19.3 Å². The fraction of sp³-hybridized carbons (Fsp3) is 0.867. The lowest BCUT2D eigenvalue weighted by Gasteiger charge is -2.37. The van der Waals surface area contributed by atoms with Crippen LogP contribution in [0.3, 0.4) is 0 Å². The average Bonchev–Trinajstić information content (AvgIpc) is 3.22. The third-order valence-corrected chi connectivity index (χ3v) is 4.64. The topological polar surface area (TPSA) is 69.6 Å². The molecule has 5 nitrogen and oxygen atoms in total. The van der Waals surface area contributed by atoms with Gasteiger partial charge in [-0.15, -0.1) is 0 Å². The van der Waals surface area contributed by atoms with Crippen LogP contribution in [0.1, 0.15) is 58.3 Å². The van der Waals surface area contributed by atoms with Gasteiger partial charge in [-0.3, -0.25) is 4.79 Å². The van der Waals surface area contributed by atoms with Gasteiger partial charge < -0.3 is 15.3 Å². The van der Waals surface area contributed by atoms with E-state index in [9.17, 15) is 9.59 Å². The number of hydrogen-bond donors (Lipinski definition) is 2. The van der Waals surface area contributed by atoms with Crippen LogP contribution in [0.25, 0.3) is 0 Å². The number of carboxylic acid groups (broad SMARTS) is 1. The summed E-state index contributed by atoms with van der Waals surface area (Å²) in [7, 11) is 0. The molecule has 0 aromatic heterocycles. The Bertz CT molecular complexity index is 360. The van der Waals surface area contributed by atoms with Crippen LogP contribution in [0.4, 0.5) is 4.79 Å². The molecule has 5 heteroatoms. The van der Waals surface area contributed by atoms with Crippen molar-refractivity contribution in [2.24, 2.45) is 5.41 Å². The molecule has 2 fully saturated rings. The van der Waals surface area contributed by atoms with E-state index in [1.54, 1.807) is 0 Å². The van der Waals surface area contributed by atoms with Gasteiger partial charge in [-0.2, -0.15) is 0 Å². The number of carbonyl (C=O) groups excluding carboxylic acids is 1. The first-order valence-electron chi connectivity index (χ1n) is 7.82. The number of hydrogen-bond acceptors (Lipinski definition) is 2. The normalized spacial score (nSPS) is 21.2. The first kappa shape index (κ1) is 15.1. The number of nitrogens with zero attached hydrogens (tertiary/aromatic N) is 1. The predicted octanol–water partition coefficient (Wildman–Crippen LogP) is 2.61. The Balaban J connectivity index is 1.90. The van der Waals surface area contributed by atoms with E-state index >= 15 is 0 Å². The zero-order valence-electron chi connectivity index (χ0n) is 12.4. The van der Waals surface area contributed by atoms with Crippen LogP contribution in [0.5, 0.6) is 0 Å². The maximum Gasteiger partial charge on any atom is 0.317 e. The molecule has 0 aliphatic heterocycles. The maximum absolute atomic E-state index is 12.2. The molecule has 2 rings (SSSR count). The monoisotopic (exact) mass is 282 g/mol. The van der Waals surface area contributed by atoms with E-state index in [2.05, 4.69) is 5.32 Å². The molecule has 0 aromatic carbocycles. The van der Waals surface area contributed by atoms with Crippen LogP contribution in [-0.2, 0) is 4.79 Å². The second-order valence-corrected chi connectivity index (χ2v) is 6.31. The Morgan fingerprint density at radius 3 is 2.40 bits per heavy atom. The minimum atomic E-state index is -0.754. The zero-order chi connectivity index (χ0) is 14.6. The lowest BCUT2D eigenvalue weighted by molar-refractivity contribution is -0.140. The van der Waals surface area contributed by atoms with Gasteiger partial charge in [-0.25, -0.2) is 4.79 Å². The second kappa shape index (κ2) is 6.46. The summed E-state index contributed by atoms with van der Waals surface area (Å²) in [4.78, 5) is 25.2. The largest absolute Gasteiger partial charge is 0.481 e. The SMILES string of the molecule is CCN(C(=O)NCC1(CC(=O)O)CCCCC1)C1CC1. The van der Waals surface area contributed by atoms with Gasteiger partial charge >= 0.3 is 12.0 Å². The van der Waals surface area contributed by atoms with Gasteiger partial charge in [0.15, 0.2) is 0 Å². The summed E-state index contributed by atoms with van der Waals surface area (Å²) in [5, 5.41) is 12.1. The molecule has 0 aromatic rings. The van der Waals surface area contributed by atoms with Crippen molar-refractivity contribution >= 4 is 12.0 Å². The van der Waals surface area contributed by atoms with Crippen LogP contribution in [-0.4, -0.2) is 41.1 Å². The lowest BCUT2D eigenvalue weighted by Crippen LogP contribution is -2.46. The highest BCUT2D eigenvalue weighted by atomic mass is 16.4. The van der Waals surface area contributed by atoms with Crippen LogP contribution in [0.15, 0.2) is 0 Å². The van der Waals surface area contributed by atoms with Gasteiger partial charge in [0.2, 0.25) is 0 Å². The van der Waals surface area contributed by atoms with Crippen LogP contribution in [0, 0.1) is 5.41 Å². The first-order chi connectivity index (χ1) is 9.56. The van der Waals surface area contributed by atoms with Crippen molar-refractivity contribution in [2.45, 2.75) is 64.3 Å². The van der Waals surface area contributed by atoms with Gasteiger partial charge in [0.05, 0.1) is 6.42 Å². The fourth-order valence-electron chi connectivity index (χ4n) is 3.36. The minimum absolute atomic E-state index is 0.0228. The van der Waals surface area contributed by atoms with E-state index in [-0.39, 0.29) is 17.9 Å². The minimum Gasteiger partial charge on any atom is -0.481 e. The van der Waals surface area contributed by atoms with Crippen molar-refractivity contribution in [2.75, 3.05) is 13.1 Å². The summed E-state index contributed by atoms with van der Waals surface area (Å²) in [5.74, 6) is -0.754. The van der Waals surface area contributed by atoms with Crippen LogP contribution in [0.2, 0.25) is 0 Å². The van der Waals surface area contributed by atoms with Crippen molar-refractivity contribution < 1.29 is 14.7 Å². The van der Waals surface area contributed by atoms with E-state index in [4.69, 9.17) is 5.11 Å². The van der Waals surface area contributed by atoms with Gasteiger partial charge in [-0.05, 0) is 38.0 Å². The molecule has 2 aliphatic rings. The molecule has 0 heterocycles. The molecule has 0 spiro atoms. The fourth-order valence-corrected chi connectivity index (χ4v) is 3.36. The van der Waals surface area contributed by atoms with Crippen molar-refractivity contribution in [3.8, 4) is 0 Å². The second-order valence-electron chi connectivity index (χ2n) is 6.31. The molecule has 0 radical (unpaired) electrons. The number of urea groups is 1. The van der Waals surface area contributed by atoms with Crippen LogP contribution >= 0.6 is 0 Å². The number of rotatable bonds is 6. The van der Waals surface area contributed by atoms with E-state index < -0.39 is 5.97 Å². The van der Waals surface area contributed by atoms with Gasteiger partial charge in [0.1, 0.15) is 0 Å². The zero-order valence-corrected chi connectivity index (χ0v) is 12.4. The molecule has 2 saturated carbocycles. The molecular weight excluding hydrogens is 256 g/mol. The Labute approximate surface area is 120 Å². The molecule has 20 heavy (non-hydrogen) atoms. The number of carboxylic acids is 1. The molecule has 0 atom stereocenters. The first-order valence-corrected chi connectivity index (χ1v) is 7.82. The molecule has 0 unspecified atom stereocenters. The molecule has 0 bridgehead atoms. The van der Waals surface area contributed by atoms with Crippen molar-refractivity contribution in [1.29, 1.82) is 0 Å². The van der Waals surface area contributed by atoms with Crippen molar-refractivity contribution in [3.05, 3.63) is 0 Å². The summed E-state index contributed by atoms with van der Waals surface area (Å²) in [6, 6.07) is 0.382. The predicted molar refractivity (Wildman–Crippen MR) is 76.6 cm³/mol. The number of carbonyl (C=O) groups is 2. The molecule has 114 valence electrons. The highest BCUT2D eigenvalue weighted by Crippen LogP contribution is 2.39. The maximum atomic E-state index is 12.2. The van der Waals surface area contributed by atoms with E-state index in [0.29, 0.717) is 12.6 Å². The summed E-state index contributed by atoms with van der Waals surface area (Å²) in [6.07, 6.45) is 7.52. The lowest BCUT2D eigenvalue weighted by atomic mass is 9.72. The molecule has 2 aliphatic carbocycles. The third-order valence-electron chi connectivity index (χ3n) is 4.64. The van der Waals surface area contributed by atoms with Crippen LogP contribution < -0.4 is 5.32 Å². The smallest absolute Gasteiger partial charge is 0.317 e. The molecule has 2 amide bonds. The summed E-state index contributed by atoms with van der Waals surface area (Å²) < 4.78 is 0. The van der Waals surface area contributed by atoms with Crippen molar-refractivity contribution in [1.82, 2.24) is 10.2 Å². The van der Waals surface area contributed by atoms with E-state index in [0.717, 1.165) is 45.1 Å². The molecule has 0 saturated heterocycles. The quantitative estimate of drug-likeness (QED) is 0.786. The Hall–Kier alpha value is -1.26. The van der Waals surface area contributed by atoms with Gasteiger partial charge in [0, 0.05) is 19.1 Å². The summed E-state index contributed by atoms with van der Waals surface area (Å²) >= 11 is 0. The van der Waals surface area contributed by atoms with E-state index in [1.807, 2.05) is 11.8 Å². The average molecular weight is 282 g/mol. The summed E-state index contributed by atoms with van der Waals surface area (Å²) in [6.45, 7) is 3.22. The Morgan fingerprint density at radius 2 is 1.90 bits per heavy atom. The Kier molecular flexibility index (Phi) is 4.89. The molecule has 2 N–H and O–H groups in total. The highest BCUT2D eigenvalue weighted by Gasteiger charge is 2.36. The third kappa shape index (κ3) is 3.87. The standard InChI is InChI=1S/C15H26N2O3/c1-2-17(12-6-7-12)14(20)16-11-15(10-13(18)19)8-4-3-5-9-15/h12H,2-11H2,1H3,(H,16,20)(H,18,19). The Morgan fingerprint density at radius 1 is 1.25 bits per heavy atom. The number of aliphatic carboxylic acids is 1. The summed E-state index contributed by atoms with van der Waals surface area (Å²) in [5.41, 5.74) is -0.233. The highest BCUT2D eigenvalue weighted by molar-refractivity contribution is 5.75. The van der Waals surface area contributed by atoms with E-state index in [1.165, 1.54) is 6.42 Å².